The van der Waals surface area contributed by atoms with Crippen LogP contribution in [0, 0.1) is 5.92 Å². The van der Waals surface area contributed by atoms with Crippen LogP contribution >= 0.6 is 11.6 Å². The maximum atomic E-state index is 11.3. The van der Waals surface area contributed by atoms with E-state index < -0.39 is 11.4 Å². The smallest absolute Gasteiger partial charge is 0.314 e. The molecular formula is C14H15ClO3. The van der Waals surface area contributed by atoms with Crippen LogP contribution in [0.4, 0.5) is 0 Å². The number of carboxylic acids is 1. The van der Waals surface area contributed by atoms with E-state index in [2.05, 4.69) is 0 Å². The van der Waals surface area contributed by atoms with Gasteiger partial charge in [-0.25, -0.2) is 0 Å². The second-order valence-corrected chi connectivity index (χ2v) is 5.75. The van der Waals surface area contributed by atoms with Gasteiger partial charge in [-0.2, -0.15) is 0 Å². The van der Waals surface area contributed by atoms with Gasteiger partial charge in [0.05, 0.1) is 12.0 Å². The van der Waals surface area contributed by atoms with Crippen molar-refractivity contribution in [1.29, 1.82) is 0 Å². The fraction of sp³-hybridized carbons (Fsp3) is 0.500. The van der Waals surface area contributed by atoms with Gasteiger partial charge in [0.1, 0.15) is 5.75 Å². The quantitative estimate of drug-likeness (QED) is 0.890. The van der Waals surface area contributed by atoms with Crippen LogP contribution in [0.1, 0.15) is 31.2 Å². The summed E-state index contributed by atoms with van der Waals surface area (Å²) in [6.07, 6.45) is 3.83. The van der Waals surface area contributed by atoms with Crippen molar-refractivity contribution in [2.24, 2.45) is 5.92 Å². The predicted molar refractivity (Wildman–Crippen MR) is 68.2 cm³/mol. The van der Waals surface area contributed by atoms with Gasteiger partial charge in [-0.3, -0.25) is 4.79 Å². The van der Waals surface area contributed by atoms with Crippen LogP contribution in [0.3, 0.4) is 0 Å². The van der Waals surface area contributed by atoms with Crippen molar-refractivity contribution in [3.05, 3.63) is 28.8 Å². The lowest BCUT2D eigenvalue weighted by atomic mass is 9.96. The molecule has 0 amide bonds. The molecule has 2 saturated carbocycles. The Morgan fingerprint density at radius 2 is 2.11 bits per heavy atom. The first-order valence-electron chi connectivity index (χ1n) is 6.27. The maximum Gasteiger partial charge on any atom is 0.314 e. The highest BCUT2D eigenvalue weighted by atomic mass is 35.5. The molecule has 2 fully saturated rings. The second-order valence-electron chi connectivity index (χ2n) is 5.32. The summed E-state index contributed by atoms with van der Waals surface area (Å²) in [6, 6.07) is 5.33. The van der Waals surface area contributed by atoms with Crippen molar-refractivity contribution in [2.75, 3.05) is 6.61 Å². The lowest BCUT2D eigenvalue weighted by Gasteiger charge is -2.13. The standard InChI is InChI=1S/C14H15ClO3/c15-11-5-10(14(3-4-14)13(16)17)6-12(7-11)18-8-9-1-2-9/h5-7,9H,1-4,8H2,(H,16,17). The molecule has 3 rings (SSSR count). The van der Waals surface area contributed by atoms with Crippen molar-refractivity contribution in [1.82, 2.24) is 0 Å². The van der Waals surface area contributed by atoms with E-state index in [-0.39, 0.29) is 0 Å². The molecule has 0 unspecified atom stereocenters. The molecule has 0 bridgehead atoms. The van der Waals surface area contributed by atoms with Gasteiger partial charge in [-0.05, 0) is 55.4 Å². The number of carboxylic acid groups (broad SMARTS) is 1. The molecule has 1 N–H and O–H groups in total. The summed E-state index contributed by atoms with van der Waals surface area (Å²) < 4.78 is 5.68. The highest BCUT2D eigenvalue weighted by Crippen LogP contribution is 2.49. The number of rotatable bonds is 5. The summed E-state index contributed by atoms with van der Waals surface area (Å²) in [7, 11) is 0. The van der Waals surface area contributed by atoms with Gasteiger partial charge in [-0.15, -0.1) is 0 Å². The highest BCUT2D eigenvalue weighted by Gasteiger charge is 2.52. The summed E-state index contributed by atoms with van der Waals surface area (Å²) in [5.41, 5.74) is 0.0519. The van der Waals surface area contributed by atoms with Gasteiger partial charge in [0.15, 0.2) is 0 Å². The Bertz CT molecular complexity index is 490. The molecule has 1 aromatic rings. The van der Waals surface area contributed by atoms with E-state index in [9.17, 15) is 9.90 Å². The van der Waals surface area contributed by atoms with Crippen LogP contribution in [0.15, 0.2) is 18.2 Å². The molecule has 0 saturated heterocycles. The SMILES string of the molecule is O=C(O)C1(c2cc(Cl)cc(OCC3CC3)c2)CC1. The van der Waals surface area contributed by atoms with Crippen LogP contribution < -0.4 is 4.74 Å². The zero-order valence-electron chi connectivity index (χ0n) is 9.99. The van der Waals surface area contributed by atoms with E-state index >= 15 is 0 Å². The lowest BCUT2D eigenvalue weighted by molar-refractivity contribution is -0.140. The van der Waals surface area contributed by atoms with Gasteiger partial charge in [0, 0.05) is 5.02 Å². The Morgan fingerprint density at radius 1 is 1.39 bits per heavy atom. The Hall–Kier alpha value is -1.22. The predicted octanol–water partition coefficient (Wildman–Crippen LogP) is 3.25. The number of hydrogen-bond donors (Lipinski definition) is 1. The molecule has 2 aliphatic rings. The molecule has 0 radical (unpaired) electrons. The largest absolute Gasteiger partial charge is 0.493 e. The summed E-state index contributed by atoms with van der Waals surface area (Å²) in [5.74, 6) is 0.594. The Kier molecular flexibility index (Phi) is 2.74. The van der Waals surface area contributed by atoms with E-state index in [1.165, 1.54) is 12.8 Å². The minimum Gasteiger partial charge on any atom is -0.493 e. The Balaban J connectivity index is 1.83. The number of aliphatic carboxylic acids is 1. The first-order valence-corrected chi connectivity index (χ1v) is 6.65. The first-order chi connectivity index (χ1) is 8.60. The molecule has 0 heterocycles. The Labute approximate surface area is 111 Å². The molecule has 18 heavy (non-hydrogen) atoms. The maximum absolute atomic E-state index is 11.3. The summed E-state index contributed by atoms with van der Waals surface area (Å²) >= 11 is 6.05. The molecule has 2 aliphatic carbocycles. The van der Waals surface area contributed by atoms with Crippen molar-refractivity contribution in [3.63, 3.8) is 0 Å². The van der Waals surface area contributed by atoms with Crippen molar-refractivity contribution in [3.8, 4) is 5.75 Å². The van der Waals surface area contributed by atoms with E-state index in [1.54, 1.807) is 12.1 Å². The molecule has 0 spiro atoms. The third-order valence-electron chi connectivity index (χ3n) is 3.77. The molecule has 96 valence electrons. The second kappa shape index (κ2) is 4.16. The molecule has 0 aliphatic heterocycles. The van der Waals surface area contributed by atoms with Gasteiger partial charge in [-0.1, -0.05) is 11.6 Å². The monoisotopic (exact) mass is 266 g/mol. The van der Waals surface area contributed by atoms with E-state index in [4.69, 9.17) is 16.3 Å². The number of benzene rings is 1. The van der Waals surface area contributed by atoms with E-state index in [1.807, 2.05) is 6.07 Å². The average Bonchev–Trinajstić information content (AvgIpc) is 3.18. The van der Waals surface area contributed by atoms with E-state index in [0.29, 0.717) is 36.1 Å². The molecule has 1 aromatic carbocycles. The zero-order chi connectivity index (χ0) is 12.8. The molecule has 4 heteroatoms. The minimum atomic E-state index is -0.766. The van der Waals surface area contributed by atoms with Crippen LogP contribution in [0.5, 0.6) is 5.75 Å². The van der Waals surface area contributed by atoms with Gasteiger partial charge < -0.3 is 9.84 Å². The summed E-state index contributed by atoms with van der Waals surface area (Å²) in [5, 5.41) is 9.83. The van der Waals surface area contributed by atoms with Crippen LogP contribution in [0.25, 0.3) is 0 Å². The number of ether oxygens (including phenoxy) is 1. The highest BCUT2D eigenvalue weighted by molar-refractivity contribution is 6.30. The number of carbonyl (C=O) groups is 1. The van der Waals surface area contributed by atoms with Gasteiger partial charge in [0.2, 0.25) is 0 Å². The van der Waals surface area contributed by atoms with Gasteiger partial charge in [0.25, 0.3) is 0 Å². The molecule has 3 nitrogen and oxygen atoms in total. The van der Waals surface area contributed by atoms with Crippen LogP contribution in [-0.2, 0) is 10.2 Å². The van der Waals surface area contributed by atoms with Gasteiger partial charge >= 0.3 is 5.97 Å². The minimum absolute atomic E-state index is 0.547. The first kappa shape index (κ1) is 11.8. The average molecular weight is 267 g/mol. The third-order valence-corrected chi connectivity index (χ3v) is 3.98. The third kappa shape index (κ3) is 2.19. The number of halogens is 1. The zero-order valence-corrected chi connectivity index (χ0v) is 10.7. The Morgan fingerprint density at radius 3 is 2.67 bits per heavy atom. The van der Waals surface area contributed by atoms with Crippen LogP contribution in [0.2, 0.25) is 5.02 Å². The summed E-state index contributed by atoms with van der Waals surface area (Å²) in [4.78, 5) is 11.3. The lowest BCUT2D eigenvalue weighted by Crippen LogP contribution is -2.19. The fourth-order valence-electron chi connectivity index (χ4n) is 2.17. The molecular weight excluding hydrogens is 252 g/mol. The summed E-state index contributed by atoms with van der Waals surface area (Å²) in [6.45, 7) is 0.708. The van der Waals surface area contributed by atoms with E-state index in [0.717, 1.165) is 5.56 Å². The normalized spacial score (nSPS) is 20.5. The number of hydrogen-bond acceptors (Lipinski definition) is 2. The fourth-order valence-corrected chi connectivity index (χ4v) is 2.40. The van der Waals surface area contributed by atoms with Crippen molar-refractivity contribution >= 4 is 17.6 Å². The van der Waals surface area contributed by atoms with Crippen molar-refractivity contribution < 1.29 is 14.6 Å². The topological polar surface area (TPSA) is 46.5 Å². The van der Waals surface area contributed by atoms with Crippen molar-refractivity contribution in [2.45, 2.75) is 31.1 Å². The molecule has 0 atom stereocenters. The molecule has 0 aromatic heterocycles. The van der Waals surface area contributed by atoms with Crippen LogP contribution in [-0.4, -0.2) is 17.7 Å².